The molecule has 2 aliphatic rings. The molecule has 0 radical (unpaired) electrons. The van der Waals surface area contributed by atoms with Crippen molar-refractivity contribution in [1.29, 1.82) is 0 Å². The number of anilines is 2. The van der Waals surface area contributed by atoms with Crippen LogP contribution in [0, 0.1) is 11.8 Å². The van der Waals surface area contributed by atoms with Crippen LogP contribution in [0.25, 0.3) is 0 Å². The van der Waals surface area contributed by atoms with Crippen molar-refractivity contribution in [2.45, 2.75) is 12.8 Å². The Morgan fingerprint density at radius 3 is 1.38 bits per heavy atom. The van der Waals surface area contributed by atoms with E-state index >= 15 is 0 Å². The molecule has 2 atom stereocenters. The molecule has 24 heavy (non-hydrogen) atoms. The average Bonchev–Trinajstić information content (AvgIpc) is 3.11. The minimum atomic E-state index is -0.512. The Morgan fingerprint density at radius 2 is 1.12 bits per heavy atom. The number of nitrogens with zero attached hydrogens (tertiary/aromatic N) is 2. The second kappa shape index (κ2) is 6.53. The van der Waals surface area contributed by atoms with E-state index in [2.05, 4.69) is 0 Å². The molecule has 0 aliphatic carbocycles. The van der Waals surface area contributed by atoms with Crippen molar-refractivity contribution in [1.82, 2.24) is 0 Å². The maximum atomic E-state index is 12.0. The Hall–Kier alpha value is -1.92. The van der Waals surface area contributed by atoms with Crippen molar-refractivity contribution in [3.8, 4) is 0 Å². The van der Waals surface area contributed by atoms with Crippen LogP contribution in [0.5, 0.6) is 0 Å². The lowest BCUT2D eigenvalue weighted by molar-refractivity contribution is -0.120. The molecule has 8 heteroatoms. The lowest BCUT2D eigenvalue weighted by Crippen LogP contribution is -2.26. The summed E-state index contributed by atoms with van der Waals surface area (Å²) in [5, 5.41) is -1.02. The standard InChI is InChI=1S/C16H14Cl2N2O4/c17-15(23)9-5-13(21)19(7-9)11-1-2-12(4-3-11)20-8-10(16(18)24)6-14(20)22/h1-4,9-10H,5-8H2/t9-,10+. The van der Waals surface area contributed by atoms with E-state index in [1.807, 2.05) is 0 Å². The van der Waals surface area contributed by atoms with E-state index in [0.717, 1.165) is 0 Å². The van der Waals surface area contributed by atoms with E-state index in [0.29, 0.717) is 11.4 Å². The van der Waals surface area contributed by atoms with Crippen molar-refractivity contribution in [3.05, 3.63) is 24.3 Å². The minimum Gasteiger partial charge on any atom is -0.312 e. The summed E-state index contributed by atoms with van der Waals surface area (Å²) in [4.78, 5) is 49.5. The van der Waals surface area contributed by atoms with Crippen LogP contribution in [0.3, 0.4) is 0 Å². The fourth-order valence-corrected chi connectivity index (χ4v) is 3.32. The summed E-state index contributed by atoms with van der Waals surface area (Å²) in [6, 6.07) is 6.82. The first kappa shape index (κ1) is 16.9. The predicted molar refractivity (Wildman–Crippen MR) is 89.1 cm³/mol. The van der Waals surface area contributed by atoms with E-state index in [4.69, 9.17) is 23.2 Å². The van der Waals surface area contributed by atoms with Gasteiger partial charge in [0.2, 0.25) is 22.3 Å². The van der Waals surface area contributed by atoms with Crippen molar-refractivity contribution in [2.75, 3.05) is 22.9 Å². The molecule has 1 aromatic rings. The highest BCUT2D eigenvalue weighted by molar-refractivity contribution is 6.64. The van der Waals surface area contributed by atoms with E-state index in [-0.39, 0.29) is 37.7 Å². The molecule has 2 aliphatic heterocycles. The number of carbonyl (C=O) groups is 4. The first-order valence-corrected chi connectivity index (χ1v) is 8.22. The molecule has 126 valence electrons. The molecule has 2 amide bonds. The zero-order valence-electron chi connectivity index (χ0n) is 12.6. The van der Waals surface area contributed by atoms with Gasteiger partial charge in [0.1, 0.15) is 0 Å². The van der Waals surface area contributed by atoms with Gasteiger partial charge in [-0.15, -0.1) is 0 Å². The highest BCUT2D eigenvalue weighted by atomic mass is 35.5. The first-order chi connectivity index (χ1) is 11.4. The maximum Gasteiger partial charge on any atom is 0.227 e. The van der Waals surface area contributed by atoms with Gasteiger partial charge in [0.15, 0.2) is 0 Å². The quantitative estimate of drug-likeness (QED) is 0.760. The molecule has 1 aromatic carbocycles. The largest absolute Gasteiger partial charge is 0.312 e. The van der Waals surface area contributed by atoms with Crippen molar-refractivity contribution in [3.63, 3.8) is 0 Å². The van der Waals surface area contributed by atoms with Crippen LogP contribution in [-0.2, 0) is 19.2 Å². The van der Waals surface area contributed by atoms with Crippen molar-refractivity contribution in [2.24, 2.45) is 11.8 Å². The number of hydrogen-bond donors (Lipinski definition) is 0. The maximum absolute atomic E-state index is 12.0. The van der Waals surface area contributed by atoms with Crippen LogP contribution in [0.2, 0.25) is 0 Å². The minimum absolute atomic E-state index is 0.105. The monoisotopic (exact) mass is 368 g/mol. The number of halogens is 2. The van der Waals surface area contributed by atoms with Crippen LogP contribution >= 0.6 is 23.2 Å². The third-order valence-electron chi connectivity index (χ3n) is 4.37. The number of hydrogen-bond acceptors (Lipinski definition) is 4. The van der Waals surface area contributed by atoms with Gasteiger partial charge in [-0.1, -0.05) is 0 Å². The van der Waals surface area contributed by atoms with Gasteiger partial charge in [0.25, 0.3) is 0 Å². The molecular formula is C16H14Cl2N2O4. The lowest BCUT2D eigenvalue weighted by Gasteiger charge is -2.20. The van der Waals surface area contributed by atoms with Gasteiger partial charge in [0.05, 0.1) is 11.8 Å². The average molecular weight is 369 g/mol. The van der Waals surface area contributed by atoms with Crippen LogP contribution < -0.4 is 9.80 Å². The van der Waals surface area contributed by atoms with Gasteiger partial charge < -0.3 is 9.80 Å². The highest BCUT2D eigenvalue weighted by Gasteiger charge is 2.36. The molecule has 0 bridgehead atoms. The van der Waals surface area contributed by atoms with E-state index in [1.165, 1.54) is 9.80 Å². The van der Waals surface area contributed by atoms with Crippen LogP contribution in [0.1, 0.15) is 12.8 Å². The molecule has 0 spiro atoms. The predicted octanol–water partition coefficient (Wildman–Crippen LogP) is 1.92. The molecule has 0 aromatic heterocycles. The fraction of sp³-hybridized carbons (Fsp3) is 0.375. The van der Waals surface area contributed by atoms with Crippen molar-refractivity contribution >= 4 is 56.9 Å². The Balaban J connectivity index is 1.75. The molecule has 6 nitrogen and oxygen atoms in total. The molecule has 2 saturated heterocycles. The lowest BCUT2D eigenvalue weighted by atomic mass is 10.1. The molecule has 0 N–H and O–H groups in total. The Kier molecular flexibility index (Phi) is 4.60. The van der Waals surface area contributed by atoms with Gasteiger partial charge in [-0.3, -0.25) is 19.2 Å². The van der Waals surface area contributed by atoms with E-state index in [1.54, 1.807) is 24.3 Å². The SMILES string of the molecule is O=C(Cl)[C@@H]1CC(=O)N(c2ccc(N3C[C@@H](C(=O)Cl)CC3=O)cc2)C1. The normalized spacial score (nSPS) is 23.9. The molecular weight excluding hydrogens is 355 g/mol. The molecule has 2 fully saturated rings. The Bertz CT molecular complexity index is 658. The molecule has 2 heterocycles. The van der Waals surface area contributed by atoms with Crippen LogP contribution in [0.15, 0.2) is 24.3 Å². The van der Waals surface area contributed by atoms with E-state index < -0.39 is 22.3 Å². The summed E-state index contributed by atoms with van der Waals surface area (Å²) in [7, 11) is 0. The second-order valence-corrected chi connectivity index (χ2v) is 6.68. The zero-order chi connectivity index (χ0) is 17.4. The Labute approximate surface area is 148 Å². The highest BCUT2D eigenvalue weighted by Crippen LogP contribution is 2.31. The Morgan fingerprint density at radius 1 is 0.792 bits per heavy atom. The molecule has 0 unspecified atom stereocenters. The number of amides is 2. The third-order valence-corrected chi connectivity index (χ3v) is 4.98. The summed E-state index contributed by atoms with van der Waals surface area (Å²) in [5.74, 6) is -1.30. The van der Waals surface area contributed by atoms with Crippen LogP contribution in [-0.4, -0.2) is 35.4 Å². The fourth-order valence-electron chi connectivity index (χ4n) is 3.03. The van der Waals surface area contributed by atoms with Gasteiger partial charge in [-0.25, -0.2) is 0 Å². The summed E-state index contributed by atoms with van der Waals surface area (Å²) in [6.45, 7) is 0.512. The first-order valence-electron chi connectivity index (χ1n) is 7.46. The summed E-state index contributed by atoms with van der Waals surface area (Å²) in [5.41, 5.74) is 1.28. The van der Waals surface area contributed by atoms with Gasteiger partial charge >= 0.3 is 0 Å². The van der Waals surface area contributed by atoms with Crippen molar-refractivity contribution < 1.29 is 19.2 Å². The topological polar surface area (TPSA) is 74.8 Å². The van der Waals surface area contributed by atoms with Crippen LogP contribution in [0.4, 0.5) is 11.4 Å². The summed E-state index contributed by atoms with van der Waals surface area (Å²) < 4.78 is 0. The third kappa shape index (κ3) is 3.16. The smallest absolute Gasteiger partial charge is 0.227 e. The zero-order valence-corrected chi connectivity index (χ0v) is 14.1. The summed E-state index contributed by atoms with van der Waals surface area (Å²) >= 11 is 10.9. The van der Waals surface area contributed by atoms with Gasteiger partial charge in [0, 0.05) is 37.3 Å². The molecule has 3 rings (SSSR count). The van der Waals surface area contributed by atoms with E-state index in [9.17, 15) is 19.2 Å². The van der Waals surface area contributed by atoms with Gasteiger partial charge in [-0.05, 0) is 47.5 Å². The second-order valence-electron chi connectivity index (χ2n) is 5.94. The number of carbonyl (C=O) groups excluding carboxylic acids is 4. The number of benzene rings is 1. The van der Waals surface area contributed by atoms with Gasteiger partial charge in [-0.2, -0.15) is 0 Å². The number of rotatable bonds is 4. The molecule has 0 saturated carbocycles. The summed E-state index contributed by atoms with van der Waals surface area (Å²) in [6.07, 6.45) is 0.211.